The number of anilines is 3. The summed E-state index contributed by atoms with van der Waals surface area (Å²) in [6.07, 6.45) is -2.07. The number of piperazine rings is 1. The molecule has 0 bridgehead atoms. The van der Waals surface area contributed by atoms with Gasteiger partial charge in [0.05, 0.1) is 23.7 Å². The van der Waals surface area contributed by atoms with E-state index in [1.807, 2.05) is 0 Å². The summed E-state index contributed by atoms with van der Waals surface area (Å²) in [5, 5.41) is 22.3. The van der Waals surface area contributed by atoms with E-state index in [1.54, 1.807) is 28.8 Å². The number of hydrogen-bond acceptors (Lipinski definition) is 8. The van der Waals surface area contributed by atoms with Gasteiger partial charge in [0.25, 0.3) is 0 Å². The Kier molecular flexibility index (Phi) is 7.50. The zero-order valence-corrected chi connectivity index (χ0v) is 21.2. The largest absolute Gasteiger partial charge is 0.416 e. The highest BCUT2D eigenvalue weighted by Gasteiger charge is 2.31. The van der Waals surface area contributed by atoms with Gasteiger partial charge in [-0.05, 0) is 35.4 Å². The van der Waals surface area contributed by atoms with Crippen molar-refractivity contribution >= 4 is 28.9 Å². The van der Waals surface area contributed by atoms with Gasteiger partial charge in [-0.15, -0.1) is 0 Å². The number of aromatic nitrogens is 4. The normalized spacial score (nSPS) is 14.2. The molecule has 1 aromatic carbocycles. The molecule has 2 amide bonds. The smallest absolute Gasteiger partial charge is 0.382 e. The Labute approximate surface area is 226 Å². The Hall–Kier alpha value is -4.74. The van der Waals surface area contributed by atoms with Gasteiger partial charge in [0.15, 0.2) is 5.82 Å². The molecule has 0 aliphatic carbocycles. The minimum atomic E-state index is -4.56. The van der Waals surface area contributed by atoms with Crippen LogP contribution in [0.15, 0.2) is 48.9 Å². The van der Waals surface area contributed by atoms with Gasteiger partial charge in [-0.1, -0.05) is 12.1 Å². The molecule has 206 valence electrons. The molecule has 4 heterocycles. The summed E-state index contributed by atoms with van der Waals surface area (Å²) >= 11 is 0. The molecule has 0 saturated carbocycles. The third-order valence-electron chi connectivity index (χ3n) is 6.56. The molecule has 4 aromatic rings. The first-order valence-corrected chi connectivity index (χ1v) is 12.4. The highest BCUT2D eigenvalue weighted by atomic mass is 19.4. The van der Waals surface area contributed by atoms with E-state index in [9.17, 15) is 23.2 Å². The van der Waals surface area contributed by atoms with Crippen LogP contribution >= 0.6 is 0 Å². The van der Waals surface area contributed by atoms with Gasteiger partial charge in [0, 0.05) is 50.2 Å². The van der Waals surface area contributed by atoms with E-state index in [-0.39, 0.29) is 18.1 Å². The number of nitriles is 1. The maximum atomic E-state index is 13.0. The fourth-order valence-corrected chi connectivity index (χ4v) is 4.72. The predicted molar refractivity (Wildman–Crippen MR) is 142 cm³/mol. The van der Waals surface area contributed by atoms with E-state index in [4.69, 9.17) is 5.73 Å². The van der Waals surface area contributed by atoms with Crippen LogP contribution in [0.5, 0.6) is 0 Å². The molecular weight excluding hydrogens is 525 g/mol. The van der Waals surface area contributed by atoms with Gasteiger partial charge in [0.2, 0.25) is 0 Å². The first kappa shape index (κ1) is 26.9. The Balaban J connectivity index is 1.42. The predicted octanol–water partition coefficient (Wildman–Crippen LogP) is 3.51. The number of alkyl halides is 3. The van der Waals surface area contributed by atoms with Crippen molar-refractivity contribution in [2.75, 3.05) is 42.5 Å². The van der Waals surface area contributed by atoms with Crippen LogP contribution in [0.3, 0.4) is 0 Å². The lowest BCUT2D eigenvalue weighted by atomic mass is 9.98. The molecule has 5 N–H and O–H groups in total. The van der Waals surface area contributed by atoms with Crippen molar-refractivity contribution in [1.29, 1.82) is 5.26 Å². The molecule has 5 rings (SSSR count). The standard InChI is InChI=1S/C26H25F3N10O/c27-26(28,29)17-6-8-33-21(13-17)37-25(40)36-18-3-1-16(2-4-18)22-19(5-7-30)20(14-38-11-9-32-10-12-38)39-23(22)24(31)34-15-35-39/h1-4,6,8,13,15,32H,5,9-12,14H2,(H2,31,34,35)(H2,33,36,37,40). The SMILES string of the molecule is N#CCc1c(-c2ccc(NC(=O)Nc3cc(C(F)(F)F)ccn3)cc2)c2c(N)ncnn2c1CN1CCNCC1. The molecule has 0 spiro atoms. The van der Waals surface area contributed by atoms with Gasteiger partial charge >= 0.3 is 12.2 Å². The van der Waals surface area contributed by atoms with Gasteiger partial charge in [-0.3, -0.25) is 10.2 Å². The number of benzene rings is 1. The third-order valence-corrected chi connectivity index (χ3v) is 6.56. The minimum Gasteiger partial charge on any atom is -0.382 e. The van der Waals surface area contributed by atoms with E-state index in [0.29, 0.717) is 17.7 Å². The molecule has 11 nitrogen and oxygen atoms in total. The van der Waals surface area contributed by atoms with E-state index in [2.05, 4.69) is 42.0 Å². The molecule has 0 unspecified atom stereocenters. The van der Waals surface area contributed by atoms with Crippen LogP contribution in [0.2, 0.25) is 0 Å². The van der Waals surface area contributed by atoms with Crippen molar-refractivity contribution in [3.63, 3.8) is 0 Å². The zero-order valence-electron chi connectivity index (χ0n) is 21.2. The summed E-state index contributed by atoms with van der Waals surface area (Å²) in [5.74, 6) is 0.0313. The second-order valence-corrected chi connectivity index (χ2v) is 9.15. The summed E-state index contributed by atoms with van der Waals surface area (Å²) in [7, 11) is 0. The van der Waals surface area contributed by atoms with Crippen molar-refractivity contribution in [2.45, 2.75) is 19.1 Å². The van der Waals surface area contributed by atoms with Gasteiger partial charge in [-0.2, -0.15) is 23.5 Å². The van der Waals surface area contributed by atoms with Crippen molar-refractivity contribution in [3.8, 4) is 17.2 Å². The molecular formula is C26H25F3N10O. The van der Waals surface area contributed by atoms with Crippen LogP contribution < -0.4 is 21.7 Å². The topological polar surface area (TPSA) is 149 Å². The van der Waals surface area contributed by atoms with Crippen LogP contribution in [0.25, 0.3) is 16.6 Å². The zero-order chi connectivity index (χ0) is 28.3. The number of carbonyl (C=O) groups excluding carboxylic acids is 1. The van der Waals surface area contributed by atoms with Crippen molar-refractivity contribution in [1.82, 2.24) is 29.8 Å². The average molecular weight is 551 g/mol. The molecule has 14 heteroatoms. The maximum Gasteiger partial charge on any atom is 0.416 e. The summed E-state index contributed by atoms with van der Waals surface area (Å²) in [6, 6.07) is 9.87. The van der Waals surface area contributed by atoms with Crippen LogP contribution in [0.1, 0.15) is 16.8 Å². The van der Waals surface area contributed by atoms with Crippen LogP contribution in [-0.2, 0) is 19.1 Å². The summed E-state index contributed by atoms with van der Waals surface area (Å²) in [5.41, 5.74) is 9.47. The maximum absolute atomic E-state index is 13.0. The molecule has 40 heavy (non-hydrogen) atoms. The third kappa shape index (κ3) is 5.65. The quantitative estimate of drug-likeness (QED) is 0.285. The van der Waals surface area contributed by atoms with Crippen LogP contribution in [0.4, 0.5) is 35.3 Å². The second-order valence-electron chi connectivity index (χ2n) is 9.15. The number of nitrogen functional groups attached to an aromatic ring is 1. The molecule has 3 aromatic heterocycles. The van der Waals surface area contributed by atoms with E-state index in [1.165, 1.54) is 6.33 Å². The fourth-order valence-electron chi connectivity index (χ4n) is 4.72. The average Bonchev–Trinajstić information content (AvgIpc) is 3.23. The summed E-state index contributed by atoms with van der Waals surface area (Å²) in [6.45, 7) is 4.03. The van der Waals surface area contributed by atoms with Crippen molar-refractivity contribution in [3.05, 3.63) is 65.7 Å². The molecule has 1 saturated heterocycles. The molecule has 1 aliphatic rings. The van der Waals surface area contributed by atoms with Crippen LogP contribution in [0, 0.1) is 11.3 Å². The minimum absolute atomic E-state index is 0.131. The lowest BCUT2D eigenvalue weighted by Crippen LogP contribution is -2.43. The second kappa shape index (κ2) is 11.2. The number of pyridine rings is 1. The van der Waals surface area contributed by atoms with Gasteiger partial charge in [-0.25, -0.2) is 19.3 Å². The Morgan fingerprint density at radius 3 is 2.58 bits per heavy atom. The number of fused-ring (bicyclic) bond motifs is 1. The fraction of sp³-hybridized carbons (Fsp3) is 0.269. The highest BCUT2D eigenvalue weighted by molar-refractivity contribution is 5.99. The number of halogens is 3. The van der Waals surface area contributed by atoms with Gasteiger partial charge < -0.3 is 16.4 Å². The van der Waals surface area contributed by atoms with E-state index < -0.39 is 17.8 Å². The van der Waals surface area contributed by atoms with E-state index >= 15 is 0 Å². The lowest BCUT2D eigenvalue weighted by molar-refractivity contribution is -0.137. The number of carbonyl (C=O) groups is 1. The summed E-state index contributed by atoms with van der Waals surface area (Å²) in [4.78, 5) is 22.6. The van der Waals surface area contributed by atoms with Crippen molar-refractivity contribution < 1.29 is 18.0 Å². The van der Waals surface area contributed by atoms with Gasteiger partial charge in [0.1, 0.15) is 17.7 Å². The lowest BCUT2D eigenvalue weighted by Gasteiger charge is -2.27. The first-order chi connectivity index (χ1) is 19.2. The van der Waals surface area contributed by atoms with E-state index in [0.717, 1.165) is 66.9 Å². The number of nitrogens with zero attached hydrogens (tertiary/aromatic N) is 6. The Morgan fingerprint density at radius 1 is 1.12 bits per heavy atom. The molecule has 1 aliphatic heterocycles. The van der Waals surface area contributed by atoms with Crippen molar-refractivity contribution in [2.24, 2.45) is 0 Å². The molecule has 1 fully saturated rings. The number of rotatable bonds is 6. The molecule has 0 radical (unpaired) electrons. The number of nitrogens with one attached hydrogen (secondary N) is 3. The highest BCUT2D eigenvalue weighted by Crippen LogP contribution is 2.37. The van der Waals surface area contributed by atoms with Crippen LogP contribution in [-0.4, -0.2) is 56.7 Å². The Morgan fingerprint density at radius 2 is 1.88 bits per heavy atom. The number of nitrogens with two attached hydrogens (primary N) is 1. The summed E-state index contributed by atoms with van der Waals surface area (Å²) < 4.78 is 40.6. The monoisotopic (exact) mass is 550 g/mol. The Bertz CT molecular complexity index is 1570. The number of urea groups is 1. The first-order valence-electron chi connectivity index (χ1n) is 12.4. The number of hydrogen-bond donors (Lipinski definition) is 4. The molecule has 0 atom stereocenters. The number of amides is 2.